The molecule has 1 N–H and O–H groups in total. The summed E-state index contributed by atoms with van der Waals surface area (Å²) < 4.78 is 1.53. The molecule has 0 saturated carbocycles. The van der Waals surface area contributed by atoms with Crippen molar-refractivity contribution in [1.82, 2.24) is 19.7 Å². The fraction of sp³-hybridized carbons (Fsp3) is 0.500. The molecule has 2 atom stereocenters. The first-order valence-corrected chi connectivity index (χ1v) is 9.26. The molecule has 3 aliphatic rings. The molecule has 9 nitrogen and oxygen atoms in total. The normalized spacial score (nSPS) is 23.0. The number of likely N-dealkylation sites (tertiary alicyclic amines) is 1. The number of hydrogen-bond acceptors (Lipinski definition) is 5. The summed E-state index contributed by atoms with van der Waals surface area (Å²) in [6.07, 6.45) is 3.76. The highest BCUT2D eigenvalue weighted by Gasteiger charge is 2.39. The maximum atomic E-state index is 13.1. The number of pyridine rings is 1. The molecule has 2 aromatic heterocycles. The molecule has 2 aliphatic heterocycles. The van der Waals surface area contributed by atoms with Crippen LogP contribution in [0.2, 0.25) is 0 Å². The van der Waals surface area contributed by atoms with Crippen molar-refractivity contribution in [1.29, 1.82) is 0 Å². The van der Waals surface area contributed by atoms with Crippen molar-refractivity contribution >= 4 is 11.6 Å². The fourth-order valence-corrected chi connectivity index (χ4v) is 4.89. The Hall–Kier alpha value is -2.97. The lowest BCUT2D eigenvalue weighted by Gasteiger charge is -2.42. The monoisotopic (exact) mass is 369 g/mol. The van der Waals surface area contributed by atoms with E-state index in [1.54, 1.807) is 6.07 Å². The number of nitrogens with one attached hydrogen (secondary N) is 1. The Bertz CT molecular complexity index is 1020. The predicted molar refractivity (Wildman–Crippen MR) is 94.7 cm³/mol. The van der Waals surface area contributed by atoms with Crippen molar-refractivity contribution in [3.63, 3.8) is 0 Å². The molecule has 1 amide bonds. The molecule has 9 heteroatoms. The van der Waals surface area contributed by atoms with Crippen LogP contribution in [0.3, 0.4) is 0 Å². The maximum Gasteiger partial charge on any atom is 0.334 e. The fourth-order valence-electron chi connectivity index (χ4n) is 4.89. The van der Waals surface area contributed by atoms with Crippen molar-refractivity contribution in [2.75, 3.05) is 13.1 Å². The lowest BCUT2D eigenvalue weighted by Crippen LogP contribution is -2.49. The van der Waals surface area contributed by atoms with E-state index >= 15 is 0 Å². The first kappa shape index (κ1) is 16.2. The summed E-state index contributed by atoms with van der Waals surface area (Å²) in [5.41, 5.74) is 2.49. The van der Waals surface area contributed by atoms with Crippen LogP contribution in [0.15, 0.2) is 16.9 Å². The van der Waals surface area contributed by atoms with Crippen molar-refractivity contribution < 1.29 is 9.72 Å². The van der Waals surface area contributed by atoms with Gasteiger partial charge in [-0.15, -0.1) is 0 Å². The number of carbonyl (C=O) groups is 1. The summed E-state index contributed by atoms with van der Waals surface area (Å²) >= 11 is 0. The highest BCUT2D eigenvalue weighted by Crippen LogP contribution is 2.36. The minimum absolute atomic E-state index is 0.0157. The molecule has 4 heterocycles. The minimum Gasteiger partial charge on any atom is -0.336 e. The van der Waals surface area contributed by atoms with Crippen molar-refractivity contribution in [3.05, 3.63) is 55.2 Å². The second kappa shape index (κ2) is 5.77. The zero-order chi connectivity index (χ0) is 18.7. The number of piperidine rings is 1. The molecule has 0 spiro atoms. The zero-order valence-electron chi connectivity index (χ0n) is 14.7. The van der Waals surface area contributed by atoms with Crippen molar-refractivity contribution in [2.24, 2.45) is 5.92 Å². The number of rotatable bonds is 2. The molecule has 0 radical (unpaired) electrons. The number of hydrogen-bond donors (Lipinski definition) is 1. The van der Waals surface area contributed by atoms with Crippen LogP contribution in [-0.4, -0.2) is 43.6 Å². The number of aromatic nitrogens is 3. The van der Waals surface area contributed by atoms with Gasteiger partial charge >= 0.3 is 11.2 Å². The number of H-pyrrole nitrogens is 1. The van der Waals surface area contributed by atoms with E-state index in [0.29, 0.717) is 25.3 Å². The van der Waals surface area contributed by atoms with Crippen LogP contribution < -0.4 is 5.56 Å². The van der Waals surface area contributed by atoms with Crippen LogP contribution in [0, 0.1) is 16.0 Å². The quantitative estimate of drug-likeness (QED) is 0.632. The first-order chi connectivity index (χ1) is 13.0. The number of carbonyl (C=O) groups excluding carboxylic acids is 1. The molecule has 1 saturated heterocycles. The van der Waals surface area contributed by atoms with E-state index in [1.165, 1.54) is 10.6 Å². The van der Waals surface area contributed by atoms with E-state index in [9.17, 15) is 19.7 Å². The van der Waals surface area contributed by atoms with Gasteiger partial charge in [-0.3, -0.25) is 24.8 Å². The molecule has 5 rings (SSSR count). The number of nitrogens with zero attached hydrogens (tertiary/aromatic N) is 4. The van der Waals surface area contributed by atoms with Gasteiger partial charge in [-0.2, -0.15) is 5.10 Å². The average molecular weight is 369 g/mol. The summed E-state index contributed by atoms with van der Waals surface area (Å²) in [6.45, 7) is 1.47. The van der Waals surface area contributed by atoms with E-state index in [-0.39, 0.29) is 17.7 Å². The number of amides is 1. The largest absolute Gasteiger partial charge is 0.336 e. The Kier molecular flexibility index (Phi) is 3.46. The molecular weight excluding hydrogens is 350 g/mol. The number of aryl methyl sites for hydroxylation is 1. The smallest absolute Gasteiger partial charge is 0.334 e. The molecule has 1 fully saturated rings. The van der Waals surface area contributed by atoms with Crippen LogP contribution in [0.4, 0.5) is 5.69 Å². The molecule has 0 aromatic carbocycles. The highest BCUT2D eigenvalue weighted by atomic mass is 16.6. The van der Waals surface area contributed by atoms with E-state index in [1.807, 2.05) is 4.90 Å². The number of aromatic amines is 1. The van der Waals surface area contributed by atoms with Gasteiger partial charge in [-0.05, 0) is 37.7 Å². The summed E-state index contributed by atoms with van der Waals surface area (Å²) in [4.78, 5) is 37.8. The van der Waals surface area contributed by atoms with E-state index in [4.69, 9.17) is 0 Å². The molecule has 2 bridgehead atoms. The predicted octanol–water partition coefficient (Wildman–Crippen LogP) is 1.23. The van der Waals surface area contributed by atoms with Crippen LogP contribution in [0.25, 0.3) is 0 Å². The zero-order valence-corrected chi connectivity index (χ0v) is 14.7. The van der Waals surface area contributed by atoms with Crippen molar-refractivity contribution in [3.8, 4) is 0 Å². The molecule has 27 heavy (non-hydrogen) atoms. The third-order valence-corrected chi connectivity index (χ3v) is 6.08. The highest BCUT2D eigenvalue weighted by molar-refractivity contribution is 5.94. The Morgan fingerprint density at radius 1 is 1.26 bits per heavy atom. The minimum atomic E-state index is -0.631. The third-order valence-electron chi connectivity index (χ3n) is 6.08. The summed E-state index contributed by atoms with van der Waals surface area (Å²) in [7, 11) is 0. The van der Waals surface area contributed by atoms with Crippen LogP contribution >= 0.6 is 0 Å². The summed E-state index contributed by atoms with van der Waals surface area (Å²) in [5, 5.41) is 18.3. The van der Waals surface area contributed by atoms with Gasteiger partial charge in [0.25, 0.3) is 5.91 Å². The van der Waals surface area contributed by atoms with Gasteiger partial charge in [0.2, 0.25) is 0 Å². The molecule has 1 aliphatic carbocycles. The van der Waals surface area contributed by atoms with Gasteiger partial charge in [0, 0.05) is 48.6 Å². The summed E-state index contributed by atoms with van der Waals surface area (Å²) in [6, 6.07) is 2.95. The maximum absolute atomic E-state index is 13.1. The van der Waals surface area contributed by atoms with Gasteiger partial charge < -0.3 is 9.47 Å². The lowest BCUT2D eigenvalue weighted by molar-refractivity contribution is -0.386. The topological polar surface area (TPSA) is 114 Å². The second-order valence-electron chi connectivity index (χ2n) is 7.71. The number of fused-ring (bicyclic) bond motifs is 5. The third kappa shape index (κ3) is 2.41. The van der Waals surface area contributed by atoms with Gasteiger partial charge in [-0.25, -0.2) is 0 Å². The summed E-state index contributed by atoms with van der Waals surface area (Å²) in [5.74, 6) is 0.0793. The Morgan fingerprint density at radius 2 is 2.11 bits per heavy atom. The Morgan fingerprint density at radius 3 is 2.93 bits per heavy atom. The van der Waals surface area contributed by atoms with Crippen LogP contribution in [0.1, 0.15) is 46.2 Å². The molecule has 0 unspecified atom stereocenters. The van der Waals surface area contributed by atoms with Crippen molar-refractivity contribution in [2.45, 2.75) is 38.1 Å². The Balaban J connectivity index is 1.46. The average Bonchev–Trinajstić information content (AvgIpc) is 3.25. The van der Waals surface area contributed by atoms with Gasteiger partial charge in [0.15, 0.2) is 5.69 Å². The number of nitro groups is 1. The van der Waals surface area contributed by atoms with Gasteiger partial charge in [0.1, 0.15) is 0 Å². The van der Waals surface area contributed by atoms with Crippen LogP contribution in [0.5, 0.6) is 0 Å². The molecule has 140 valence electrons. The van der Waals surface area contributed by atoms with E-state index in [2.05, 4.69) is 10.2 Å². The Labute approximate surface area is 154 Å². The van der Waals surface area contributed by atoms with E-state index < -0.39 is 16.2 Å². The lowest BCUT2D eigenvalue weighted by atomic mass is 9.83. The van der Waals surface area contributed by atoms with Gasteiger partial charge in [0.05, 0.1) is 4.92 Å². The van der Waals surface area contributed by atoms with Crippen LogP contribution in [-0.2, 0) is 19.4 Å². The van der Waals surface area contributed by atoms with Gasteiger partial charge in [-0.1, -0.05) is 0 Å². The first-order valence-electron chi connectivity index (χ1n) is 9.26. The molecular formula is C18H19N5O4. The standard InChI is InChI=1S/C18H19N5O4/c24-17-15(23(26)27)5-4-14-11-6-10(8-22(14)17)7-21(9-11)18(25)16-12-2-1-3-13(12)19-20-16/h4-5,10-11H,1-3,6-9H2,(H,19,20)/t10-,11-/m0/s1. The van der Waals surface area contributed by atoms with E-state index in [0.717, 1.165) is 42.6 Å². The molecule has 2 aromatic rings. The SMILES string of the molecule is O=C(c1n[nH]c2c1CCC2)N1C[C@@H]2C[C@@H](C1)c1ccc([N+](=O)[O-])c(=O)n1C2. The second-order valence-corrected chi connectivity index (χ2v) is 7.71.